The fourth-order valence-electron chi connectivity index (χ4n) is 2.60. The van der Waals surface area contributed by atoms with Crippen LogP contribution in [0, 0.1) is 11.7 Å². The minimum atomic E-state index is -0.207. The predicted molar refractivity (Wildman–Crippen MR) is 78.8 cm³/mol. The Morgan fingerprint density at radius 3 is 2.74 bits per heavy atom. The lowest BCUT2D eigenvalue weighted by molar-refractivity contribution is 0.0515. The molecule has 2 nitrogen and oxygen atoms in total. The van der Waals surface area contributed by atoms with E-state index in [9.17, 15) is 4.39 Å². The first kappa shape index (κ1) is 14.9. The van der Waals surface area contributed by atoms with E-state index in [2.05, 4.69) is 28.2 Å². The van der Waals surface area contributed by atoms with Crippen LogP contribution in [0.4, 0.5) is 4.39 Å². The normalized spacial score (nSPS) is 18.3. The number of benzene rings is 1. The van der Waals surface area contributed by atoms with Gasteiger partial charge in [-0.2, -0.15) is 0 Å². The van der Waals surface area contributed by atoms with Crippen molar-refractivity contribution in [1.29, 1.82) is 0 Å². The van der Waals surface area contributed by atoms with Gasteiger partial charge in [-0.15, -0.1) is 0 Å². The maximum absolute atomic E-state index is 13.1. The second-order valence-electron chi connectivity index (χ2n) is 5.14. The second kappa shape index (κ2) is 6.82. The molecule has 2 unspecified atom stereocenters. The number of halogens is 2. The Labute approximate surface area is 122 Å². The van der Waals surface area contributed by atoms with Crippen LogP contribution in [0.15, 0.2) is 22.7 Å². The van der Waals surface area contributed by atoms with E-state index in [1.807, 2.05) is 6.07 Å². The third-order valence-corrected chi connectivity index (χ3v) is 4.41. The van der Waals surface area contributed by atoms with Crippen molar-refractivity contribution in [2.45, 2.75) is 38.3 Å². The summed E-state index contributed by atoms with van der Waals surface area (Å²) < 4.78 is 19.6. The van der Waals surface area contributed by atoms with Crippen molar-refractivity contribution in [3.05, 3.63) is 34.1 Å². The Morgan fingerprint density at radius 1 is 1.47 bits per heavy atom. The lowest BCUT2D eigenvalue weighted by Gasteiger charge is -2.27. The highest BCUT2D eigenvalue weighted by atomic mass is 79.9. The molecule has 1 aliphatic rings. The number of likely N-dealkylation sites (N-methyl/N-ethyl adjacent to an activating group) is 1. The SMILES string of the molecule is CCNC(Cc1ccc(F)cc1Br)C(OC)C1CC1. The first-order valence-electron chi connectivity index (χ1n) is 6.85. The van der Waals surface area contributed by atoms with E-state index in [0.29, 0.717) is 5.92 Å². The summed E-state index contributed by atoms with van der Waals surface area (Å²) in [6.07, 6.45) is 3.61. The Hall–Kier alpha value is -0.450. The molecule has 0 amide bonds. The summed E-state index contributed by atoms with van der Waals surface area (Å²) in [6.45, 7) is 3.02. The molecule has 1 aliphatic carbocycles. The van der Waals surface area contributed by atoms with Crippen LogP contribution >= 0.6 is 15.9 Å². The number of hydrogen-bond donors (Lipinski definition) is 1. The van der Waals surface area contributed by atoms with Crippen LogP contribution in [0.3, 0.4) is 0 Å². The zero-order valence-corrected chi connectivity index (χ0v) is 13.0. The van der Waals surface area contributed by atoms with E-state index in [4.69, 9.17) is 4.74 Å². The molecule has 0 saturated heterocycles. The van der Waals surface area contributed by atoms with Gasteiger partial charge < -0.3 is 10.1 Å². The van der Waals surface area contributed by atoms with Crippen LogP contribution in [0.2, 0.25) is 0 Å². The smallest absolute Gasteiger partial charge is 0.124 e. The summed E-state index contributed by atoms with van der Waals surface area (Å²) in [6, 6.07) is 5.17. The molecule has 1 saturated carbocycles. The van der Waals surface area contributed by atoms with Crippen molar-refractivity contribution in [2.24, 2.45) is 5.92 Å². The summed E-state index contributed by atoms with van der Waals surface area (Å²) in [5.74, 6) is 0.467. The summed E-state index contributed by atoms with van der Waals surface area (Å²) in [4.78, 5) is 0. The highest BCUT2D eigenvalue weighted by molar-refractivity contribution is 9.10. The number of methoxy groups -OCH3 is 1. The molecule has 4 heteroatoms. The molecular formula is C15H21BrFNO. The number of rotatable bonds is 7. The molecule has 0 radical (unpaired) electrons. The Kier molecular flexibility index (Phi) is 5.37. The zero-order valence-electron chi connectivity index (χ0n) is 11.5. The van der Waals surface area contributed by atoms with Gasteiger partial charge >= 0.3 is 0 Å². The van der Waals surface area contributed by atoms with Crippen molar-refractivity contribution >= 4 is 15.9 Å². The average Bonchev–Trinajstić information content (AvgIpc) is 3.18. The molecule has 1 aromatic rings. The van der Waals surface area contributed by atoms with Crippen LogP contribution in [0.1, 0.15) is 25.3 Å². The van der Waals surface area contributed by atoms with E-state index in [1.54, 1.807) is 7.11 Å². The van der Waals surface area contributed by atoms with Gasteiger partial charge in [-0.05, 0) is 49.4 Å². The molecule has 0 bridgehead atoms. The molecule has 0 heterocycles. The third-order valence-electron chi connectivity index (χ3n) is 3.68. The molecule has 0 aromatic heterocycles. The first-order valence-corrected chi connectivity index (χ1v) is 7.65. The van der Waals surface area contributed by atoms with Crippen molar-refractivity contribution in [3.8, 4) is 0 Å². The molecule has 19 heavy (non-hydrogen) atoms. The topological polar surface area (TPSA) is 21.3 Å². The van der Waals surface area contributed by atoms with Gasteiger partial charge in [0.15, 0.2) is 0 Å². The van der Waals surface area contributed by atoms with Crippen LogP contribution in [-0.2, 0) is 11.2 Å². The van der Waals surface area contributed by atoms with Gasteiger partial charge in [0, 0.05) is 17.6 Å². The fraction of sp³-hybridized carbons (Fsp3) is 0.600. The van der Waals surface area contributed by atoms with Crippen molar-refractivity contribution in [1.82, 2.24) is 5.32 Å². The van der Waals surface area contributed by atoms with E-state index >= 15 is 0 Å². The highest BCUT2D eigenvalue weighted by Gasteiger charge is 2.36. The summed E-state index contributed by atoms with van der Waals surface area (Å²) in [5, 5.41) is 3.51. The molecule has 2 atom stereocenters. The number of nitrogens with one attached hydrogen (secondary N) is 1. The maximum atomic E-state index is 13.1. The lowest BCUT2D eigenvalue weighted by Crippen LogP contribution is -2.43. The van der Waals surface area contributed by atoms with Crippen molar-refractivity contribution in [3.63, 3.8) is 0 Å². The fourth-order valence-corrected chi connectivity index (χ4v) is 3.11. The van der Waals surface area contributed by atoms with Gasteiger partial charge in [0.2, 0.25) is 0 Å². The summed E-state index contributed by atoms with van der Waals surface area (Å²) in [5.41, 5.74) is 1.12. The number of hydrogen-bond acceptors (Lipinski definition) is 2. The number of ether oxygens (including phenoxy) is 1. The predicted octanol–water partition coefficient (Wildman–Crippen LogP) is 3.53. The zero-order chi connectivity index (χ0) is 13.8. The van der Waals surface area contributed by atoms with Gasteiger partial charge in [0.25, 0.3) is 0 Å². The van der Waals surface area contributed by atoms with Crippen LogP contribution < -0.4 is 5.32 Å². The standard InChI is InChI=1S/C15H21BrFNO/c1-3-18-14(15(19-2)10-4-5-10)8-11-6-7-12(17)9-13(11)16/h6-7,9-10,14-15,18H,3-5,8H2,1-2H3. The summed E-state index contributed by atoms with van der Waals surface area (Å²) >= 11 is 3.44. The first-order chi connectivity index (χ1) is 9.15. The molecule has 1 aromatic carbocycles. The molecule has 0 spiro atoms. The lowest BCUT2D eigenvalue weighted by atomic mass is 9.98. The Balaban J connectivity index is 2.10. The van der Waals surface area contributed by atoms with Crippen LogP contribution in [0.5, 0.6) is 0 Å². The highest BCUT2D eigenvalue weighted by Crippen LogP contribution is 2.36. The largest absolute Gasteiger partial charge is 0.380 e. The van der Waals surface area contributed by atoms with Gasteiger partial charge in [-0.3, -0.25) is 0 Å². The molecular weight excluding hydrogens is 309 g/mol. The monoisotopic (exact) mass is 329 g/mol. The molecule has 2 rings (SSSR count). The van der Waals surface area contributed by atoms with Gasteiger partial charge in [0.05, 0.1) is 6.10 Å². The molecule has 1 N–H and O–H groups in total. The molecule has 106 valence electrons. The van der Waals surface area contributed by atoms with Crippen LogP contribution in [-0.4, -0.2) is 25.8 Å². The van der Waals surface area contributed by atoms with E-state index < -0.39 is 0 Å². The quantitative estimate of drug-likeness (QED) is 0.826. The van der Waals surface area contributed by atoms with Crippen LogP contribution in [0.25, 0.3) is 0 Å². The minimum absolute atomic E-state index is 0.207. The summed E-state index contributed by atoms with van der Waals surface area (Å²) in [7, 11) is 1.78. The molecule has 0 aliphatic heterocycles. The molecule has 1 fully saturated rings. The van der Waals surface area contributed by atoms with E-state index in [0.717, 1.165) is 23.0 Å². The van der Waals surface area contributed by atoms with E-state index in [-0.39, 0.29) is 18.0 Å². The third kappa shape index (κ3) is 4.01. The average molecular weight is 330 g/mol. The second-order valence-corrected chi connectivity index (χ2v) is 6.00. The van der Waals surface area contributed by atoms with Gasteiger partial charge in [0.1, 0.15) is 5.82 Å². The Bertz CT molecular complexity index is 423. The van der Waals surface area contributed by atoms with Gasteiger partial charge in [-0.1, -0.05) is 28.9 Å². The van der Waals surface area contributed by atoms with Crippen molar-refractivity contribution < 1.29 is 9.13 Å². The van der Waals surface area contributed by atoms with Crippen molar-refractivity contribution in [2.75, 3.05) is 13.7 Å². The minimum Gasteiger partial charge on any atom is -0.380 e. The van der Waals surface area contributed by atoms with Gasteiger partial charge in [-0.25, -0.2) is 4.39 Å². The maximum Gasteiger partial charge on any atom is 0.124 e. The Morgan fingerprint density at radius 2 is 2.21 bits per heavy atom. The van der Waals surface area contributed by atoms with E-state index in [1.165, 1.54) is 25.0 Å².